The lowest BCUT2D eigenvalue weighted by Crippen LogP contribution is -1.94. The molecule has 0 aliphatic heterocycles. The molecule has 0 aliphatic rings. The number of para-hydroxylation sites is 1. The molecule has 104 valence electrons. The van der Waals surface area contributed by atoms with Gasteiger partial charge in [0, 0.05) is 18.0 Å². The molecule has 1 heterocycles. The van der Waals surface area contributed by atoms with Crippen LogP contribution in [0.4, 0.5) is 0 Å². The lowest BCUT2D eigenvalue weighted by Gasteiger charge is -2.13. The molecule has 0 fully saturated rings. The summed E-state index contributed by atoms with van der Waals surface area (Å²) in [6.45, 7) is 0. The van der Waals surface area contributed by atoms with Crippen molar-refractivity contribution in [3.63, 3.8) is 0 Å². The van der Waals surface area contributed by atoms with Gasteiger partial charge in [0.2, 0.25) is 0 Å². The van der Waals surface area contributed by atoms with Crippen LogP contribution in [-0.4, -0.2) is 12.1 Å². The van der Waals surface area contributed by atoms with Crippen LogP contribution in [0.3, 0.4) is 0 Å². The van der Waals surface area contributed by atoms with E-state index in [4.69, 9.17) is 4.74 Å². The van der Waals surface area contributed by atoms with Gasteiger partial charge in [-0.05, 0) is 41.3 Å². The van der Waals surface area contributed by atoms with E-state index in [-0.39, 0.29) is 0 Å². The molecule has 0 N–H and O–H groups in total. The third-order valence-electron chi connectivity index (χ3n) is 3.56. The minimum absolute atomic E-state index is 0.886. The number of rotatable bonds is 4. The summed E-state index contributed by atoms with van der Waals surface area (Å²) in [6, 6.07) is 20.7. The van der Waals surface area contributed by atoms with Crippen molar-refractivity contribution >= 4 is 0 Å². The third-order valence-corrected chi connectivity index (χ3v) is 3.56. The summed E-state index contributed by atoms with van der Waals surface area (Å²) in [7, 11) is 1.71. The molecule has 0 saturated carbocycles. The molecular formula is C19H17NO. The Morgan fingerprint density at radius 3 is 2.24 bits per heavy atom. The van der Waals surface area contributed by atoms with E-state index in [1.807, 2.05) is 30.6 Å². The average Bonchev–Trinajstić information content (AvgIpc) is 2.56. The lowest BCUT2D eigenvalue weighted by atomic mass is 9.95. The number of methoxy groups -OCH3 is 1. The number of hydrogen-bond donors (Lipinski definition) is 0. The maximum absolute atomic E-state index is 5.49. The van der Waals surface area contributed by atoms with Crippen molar-refractivity contribution in [1.29, 1.82) is 0 Å². The van der Waals surface area contributed by atoms with Gasteiger partial charge in [0.1, 0.15) is 5.75 Å². The molecule has 2 heteroatoms. The maximum atomic E-state index is 5.49. The predicted octanol–water partition coefficient (Wildman–Crippen LogP) is 4.35. The zero-order valence-electron chi connectivity index (χ0n) is 12.0. The van der Waals surface area contributed by atoms with Crippen LogP contribution in [0.15, 0.2) is 73.1 Å². The highest BCUT2D eigenvalue weighted by atomic mass is 16.5. The monoisotopic (exact) mass is 275 g/mol. The Hall–Kier alpha value is -2.61. The summed E-state index contributed by atoms with van der Waals surface area (Å²) in [5.41, 5.74) is 4.89. The Labute approximate surface area is 125 Å². The predicted molar refractivity (Wildman–Crippen MR) is 85.5 cm³/mol. The molecule has 3 aromatic rings. The van der Waals surface area contributed by atoms with E-state index in [0.29, 0.717) is 0 Å². The van der Waals surface area contributed by atoms with Crippen LogP contribution in [0.25, 0.3) is 11.1 Å². The molecule has 0 amide bonds. The number of aromatic nitrogens is 1. The molecule has 0 saturated heterocycles. The van der Waals surface area contributed by atoms with Crippen LogP contribution < -0.4 is 4.74 Å². The molecule has 0 bridgehead atoms. The fourth-order valence-corrected chi connectivity index (χ4v) is 2.52. The van der Waals surface area contributed by atoms with Crippen LogP contribution >= 0.6 is 0 Å². The Bertz CT molecular complexity index is 722. The SMILES string of the molecule is COc1ccccc1-c1ccccc1Cc1ccncc1. The molecule has 2 aromatic carbocycles. The normalized spacial score (nSPS) is 10.3. The van der Waals surface area contributed by atoms with E-state index in [1.165, 1.54) is 16.7 Å². The van der Waals surface area contributed by atoms with Gasteiger partial charge in [-0.15, -0.1) is 0 Å². The quantitative estimate of drug-likeness (QED) is 0.706. The summed E-state index contributed by atoms with van der Waals surface area (Å²) in [4.78, 5) is 4.07. The fourth-order valence-electron chi connectivity index (χ4n) is 2.52. The van der Waals surface area contributed by atoms with E-state index in [0.717, 1.165) is 17.7 Å². The molecular weight excluding hydrogens is 258 g/mol. The summed E-state index contributed by atoms with van der Waals surface area (Å²) in [5.74, 6) is 0.902. The van der Waals surface area contributed by atoms with Gasteiger partial charge in [-0.25, -0.2) is 0 Å². The van der Waals surface area contributed by atoms with Gasteiger partial charge in [0.15, 0.2) is 0 Å². The largest absolute Gasteiger partial charge is 0.496 e. The lowest BCUT2D eigenvalue weighted by molar-refractivity contribution is 0.416. The van der Waals surface area contributed by atoms with Crippen molar-refractivity contribution in [2.45, 2.75) is 6.42 Å². The fraction of sp³-hybridized carbons (Fsp3) is 0.105. The van der Waals surface area contributed by atoms with Crippen LogP contribution in [0, 0.1) is 0 Å². The van der Waals surface area contributed by atoms with E-state index in [2.05, 4.69) is 47.4 Å². The van der Waals surface area contributed by atoms with Crippen molar-refractivity contribution in [3.8, 4) is 16.9 Å². The first kappa shape index (κ1) is 13.4. The van der Waals surface area contributed by atoms with Gasteiger partial charge in [-0.3, -0.25) is 4.98 Å². The highest BCUT2D eigenvalue weighted by Crippen LogP contribution is 2.32. The molecule has 0 atom stereocenters. The Kier molecular flexibility index (Phi) is 3.97. The smallest absolute Gasteiger partial charge is 0.126 e. The van der Waals surface area contributed by atoms with Crippen molar-refractivity contribution in [1.82, 2.24) is 4.98 Å². The second-order valence-corrected chi connectivity index (χ2v) is 4.89. The summed E-state index contributed by atoms with van der Waals surface area (Å²) >= 11 is 0. The molecule has 1 aromatic heterocycles. The highest BCUT2D eigenvalue weighted by Gasteiger charge is 2.09. The summed E-state index contributed by atoms with van der Waals surface area (Å²) in [6.07, 6.45) is 4.55. The van der Waals surface area contributed by atoms with Crippen LogP contribution in [-0.2, 0) is 6.42 Å². The van der Waals surface area contributed by atoms with Gasteiger partial charge >= 0.3 is 0 Å². The van der Waals surface area contributed by atoms with Crippen LogP contribution in [0.1, 0.15) is 11.1 Å². The van der Waals surface area contributed by atoms with Crippen molar-refractivity contribution in [2.24, 2.45) is 0 Å². The van der Waals surface area contributed by atoms with Gasteiger partial charge < -0.3 is 4.74 Å². The van der Waals surface area contributed by atoms with Gasteiger partial charge in [-0.1, -0.05) is 42.5 Å². The standard InChI is InChI=1S/C19H17NO/c1-21-19-9-5-4-8-18(19)17-7-3-2-6-16(17)14-15-10-12-20-13-11-15/h2-13H,14H2,1H3. The van der Waals surface area contributed by atoms with Gasteiger partial charge in [0.05, 0.1) is 7.11 Å². The second-order valence-electron chi connectivity index (χ2n) is 4.89. The molecule has 2 nitrogen and oxygen atoms in total. The average molecular weight is 275 g/mol. The maximum Gasteiger partial charge on any atom is 0.126 e. The first-order chi connectivity index (χ1) is 10.4. The third kappa shape index (κ3) is 2.95. The zero-order valence-corrected chi connectivity index (χ0v) is 12.0. The minimum atomic E-state index is 0.886. The van der Waals surface area contributed by atoms with Crippen molar-refractivity contribution < 1.29 is 4.74 Å². The van der Waals surface area contributed by atoms with E-state index in [1.54, 1.807) is 7.11 Å². The Balaban J connectivity index is 2.04. The Morgan fingerprint density at radius 1 is 0.810 bits per heavy atom. The number of hydrogen-bond acceptors (Lipinski definition) is 2. The topological polar surface area (TPSA) is 22.1 Å². The summed E-state index contributed by atoms with van der Waals surface area (Å²) in [5, 5.41) is 0. The molecule has 0 unspecified atom stereocenters. The first-order valence-electron chi connectivity index (χ1n) is 6.98. The van der Waals surface area contributed by atoms with Gasteiger partial charge in [0.25, 0.3) is 0 Å². The Morgan fingerprint density at radius 2 is 1.48 bits per heavy atom. The molecule has 0 spiro atoms. The van der Waals surface area contributed by atoms with E-state index in [9.17, 15) is 0 Å². The number of benzene rings is 2. The van der Waals surface area contributed by atoms with E-state index >= 15 is 0 Å². The summed E-state index contributed by atoms with van der Waals surface area (Å²) < 4.78 is 5.49. The zero-order chi connectivity index (χ0) is 14.5. The highest BCUT2D eigenvalue weighted by molar-refractivity contribution is 5.73. The van der Waals surface area contributed by atoms with Gasteiger partial charge in [-0.2, -0.15) is 0 Å². The van der Waals surface area contributed by atoms with Crippen molar-refractivity contribution in [2.75, 3.05) is 7.11 Å². The molecule has 21 heavy (non-hydrogen) atoms. The van der Waals surface area contributed by atoms with Crippen LogP contribution in [0.2, 0.25) is 0 Å². The first-order valence-corrected chi connectivity index (χ1v) is 6.98. The second kappa shape index (κ2) is 6.23. The van der Waals surface area contributed by atoms with E-state index < -0.39 is 0 Å². The molecule has 0 radical (unpaired) electrons. The number of ether oxygens (including phenoxy) is 1. The number of nitrogens with zero attached hydrogens (tertiary/aromatic N) is 1. The van der Waals surface area contributed by atoms with Crippen molar-refractivity contribution in [3.05, 3.63) is 84.2 Å². The van der Waals surface area contributed by atoms with Crippen LogP contribution in [0.5, 0.6) is 5.75 Å². The molecule has 0 aliphatic carbocycles. The number of pyridine rings is 1. The minimum Gasteiger partial charge on any atom is -0.496 e. The molecule has 3 rings (SSSR count).